The Balaban J connectivity index is 1.47. The van der Waals surface area contributed by atoms with Crippen molar-refractivity contribution in [3.05, 3.63) is 96.1 Å². The summed E-state index contributed by atoms with van der Waals surface area (Å²) in [5.74, 6) is -0.491. The van der Waals surface area contributed by atoms with E-state index in [-0.39, 0.29) is 27.4 Å². The number of phenols is 1. The van der Waals surface area contributed by atoms with Crippen LogP contribution in [0.2, 0.25) is 0 Å². The summed E-state index contributed by atoms with van der Waals surface area (Å²) in [6.07, 6.45) is 0. The Kier molecular flexibility index (Phi) is 6.06. The minimum absolute atomic E-state index is 0.0599. The number of nitrogens with one attached hydrogen (secondary N) is 1. The van der Waals surface area contributed by atoms with Gasteiger partial charge in [0.1, 0.15) is 16.4 Å². The fraction of sp³-hybridized carbons (Fsp3) is 0.148. The number of anilines is 1. The normalized spacial score (nSPS) is 11.9. The van der Waals surface area contributed by atoms with Gasteiger partial charge in [0.25, 0.3) is 5.91 Å². The molecule has 0 aliphatic rings. The summed E-state index contributed by atoms with van der Waals surface area (Å²) in [4.78, 5) is 12.7. The van der Waals surface area contributed by atoms with Gasteiger partial charge in [-0.15, -0.1) is 0 Å². The van der Waals surface area contributed by atoms with Gasteiger partial charge in [0.15, 0.2) is 0 Å². The average molecular weight is 476 g/mol. The molecule has 0 atom stereocenters. The molecule has 0 aromatic heterocycles. The van der Waals surface area contributed by atoms with Crippen molar-refractivity contribution >= 4 is 32.5 Å². The molecule has 2 N–H and O–H groups in total. The van der Waals surface area contributed by atoms with Crippen LogP contribution in [0.15, 0.2) is 89.8 Å². The lowest BCUT2D eigenvalue weighted by Gasteiger charge is -2.19. The maximum Gasteiger partial charge on any atom is 0.339 e. The van der Waals surface area contributed by atoms with Crippen LogP contribution < -0.4 is 9.50 Å². The maximum absolute atomic E-state index is 12.7. The minimum atomic E-state index is -4.00. The van der Waals surface area contributed by atoms with Crippen molar-refractivity contribution in [2.75, 3.05) is 5.32 Å². The zero-order valence-corrected chi connectivity index (χ0v) is 19.9. The Morgan fingerprint density at radius 3 is 2.03 bits per heavy atom. The van der Waals surface area contributed by atoms with E-state index in [1.165, 1.54) is 36.4 Å². The topological polar surface area (TPSA) is 92.7 Å². The molecule has 4 rings (SSSR count). The molecule has 4 aromatic rings. The van der Waals surface area contributed by atoms with Crippen molar-refractivity contribution in [1.82, 2.24) is 0 Å². The van der Waals surface area contributed by atoms with Gasteiger partial charge in [0, 0.05) is 5.69 Å². The van der Waals surface area contributed by atoms with E-state index in [1.807, 2.05) is 24.3 Å². The average Bonchev–Trinajstić information content (AvgIpc) is 2.79. The highest BCUT2D eigenvalue weighted by Crippen LogP contribution is 2.27. The predicted octanol–water partition coefficient (Wildman–Crippen LogP) is 5.86. The van der Waals surface area contributed by atoms with Crippen LogP contribution in [0.25, 0.3) is 10.8 Å². The van der Waals surface area contributed by atoms with E-state index in [0.29, 0.717) is 5.69 Å². The zero-order chi connectivity index (χ0) is 24.5. The number of amides is 1. The molecule has 0 bridgehead atoms. The molecule has 4 aromatic carbocycles. The molecule has 0 saturated carbocycles. The molecule has 174 valence electrons. The quantitative estimate of drug-likeness (QED) is 0.353. The molecule has 6 nitrogen and oxygen atoms in total. The van der Waals surface area contributed by atoms with Crippen molar-refractivity contribution in [2.24, 2.45) is 0 Å². The number of carbonyl (C=O) groups is 1. The van der Waals surface area contributed by atoms with Crippen molar-refractivity contribution in [3.63, 3.8) is 0 Å². The molecule has 0 spiro atoms. The van der Waals surface area contributed by atoms with Gasteiger partial charge in [-0.1, -0.05) is 57.2 Å². The highest BCUT2D eigenvalue weighted by molar-refractivity contribution is 7.87. The van der Waals surface area contributed by atoms with Gasteiger partial charge < -0.3 is 14.6 Å². The number of fused-ring (bicyclic) bond motifs is 1. The third-order valence-corrected chi connectivity index (χ3v) is 6.70. The van der Waals surface area contributed by atoms with Crippen LogP contribution in [0.5, 0.6) is 11.5 Å². The first-order chi connectivity index (χ1) is 16.0. The van der Waals surface area contributed by atoms with Crippen molar-refractivity contribution in [3.8, 4) is 11.5 Å². The highest BCUT2D eigenvalue weighted by atomic mass is 32.2. The second kappa shape index (κ2) is 8.83. The molecule has 0 aliphatic heterocycles. The molecule has 0 heterocycles. The van der Waals surface area contributed by atoms with Crippen LogP contribution in [0, 0.1) is 0 Å². The lowest BCUT2D eigenvalue weighted by molar-refractivity contribution is 0.102. The molecular formula is C27H25NO5S. The Bertz CT molecular complexity index is 1450. The molecular weight excluding hydrogens is 450 g/mol. The molecule has 1 amide bonds. The van der Waals surface area contributed by atoms with E-state index in [9.17, 15) is 18.3 Å². The molecule has 0 radical (unpaired) electrons. The van der Waals surface area contributed by atoms with Gasteiger partial charge in [-0.2, -0.15) is 8.42 Å². The third-order valence-electron chi connectivity index (χ3n) is 5.44. The molecule has 0 saturated heterocycles. The first kappa shape index (κ1) is 23.3. The Hall–Kier alpha value is -3.84. The van der Waals surface area contributed by atoms with Crippen LogP contribution >= 0.6 is 0 Å². The Labute approximate surface area is 199 Å². The number of aromatic hydroxyl groups is 1. The van der Waals surface area contributed by atoms with Crippen LogP contribution in [-0.4, -0.2) is 19.4 Å². The van der Waals surface area contributed by atoms with Crippen molar-refractivity contribution in [1.29, 1.82) is 0 Å². The van der Waals surface area contributed by atoms with Crippen molar-refractivity contribution < 1.29 is 22.5 Å². The smallest absolute Gasteiger partial charge is 0.339 e. The van der Waals surface area contributed by atoms with Gasteiger partial charge >= 0.3 is 10.1 Å². The number of hydrogen-bond acceptors (Lipinski definition) is 5. The van der Waals surface area contributed by atoms with Gasteiger partial charge in [0.05, 0.1) is 5.56 Å². The van der Waals surface area contributed by atoms with E-state index in [4.69, 9.17) is 4.18 Å². The molecule has 34 heavy (non-hydrogen) atoms. The number of phenolic OH excluding ortho intramolecular Hbond substituents is 1. The molecule has 7 heteroatoms. The number of hydrogen-bond donors (Lipinski definition) is 2. The number of benzene rings is 4. The summed E-state index contributed by atoms with van der Waals surface area (Å²) in [6, 6.07) is 23.2. The Morgan fingerprint density at radius 1 is 0.853 bits per heavy atom. The minimum Gasteiger partial charge on any atom is -0.507 e. The fourth-order valence-corrected chi connectivity index (χ4v) is 4.43. The summed E-state index contributed by atoms with van der Waals surface area (Å²) < 4.78 is 30.5. The summed E-state index contributed by atoms with van der Waals surface area (Å²) in [7, 11) is -4.00. The lowest BCUT2D eigenvalue weighted by atomic mass is 9.87. The van der Waals surface area contributed by atoms with Crippen molar-refractivity contribution in [2.45, 2.75) is 31.1 Å². The monoisotopic (exact) mass is 475 g/mol. The van der Waals surface area contributed by atoms with E-state index < -0.39 is 16.0 Å². The summed E-state index contributed by atoms with van der Waals surface area (Å²) in [5.41, 5.74) is 1.49. The standard InChI is InChI=1S/C27H25NO5S/c1-27(2,3)20-8-14-23(15-9-20)34(31,32)33-22-12-10-21(11-13-22)28-26(30)24-16-18-6-4-5-7-19(18)17-25(24)29/h4-17,29H,1-3H3,(H,28,30). The predicted molar refractivity (Wildman–Crippen MR) is 133 cm³/mol. The summed E-state index contributed by atoms with van der Waals surface area (Å²) >= 11 is 0. The molecule has 0 unspecified atom stereocenters. The van der Waals surface area contributed by atoms with Crippen LogP contribution in [0.4, 0.5) is 5.69 Å². The van der Waals surface area contributed by atoms with E-state index >= 15 is 0 Å². The molecule has 0 fully saturated rings. The molecule has 0 aliphatic carbocycles. The fourth-order valence-electron chi connectivity index (χ4n) is 3.50. The van der Waals surface area contributed by atoms with Crippen LogP contribution in [-0.2, 0) is 15.5 Å². The number of rotatable bonds is 5. The van der Waals surface area contributed by atoms with E-state index in [2.05, 4.69) is 26.1 Å². The Morgan fingerprint density at radius 2 is 1.44 bits per heavy atom. The van der Waals surface area contributed by atoms with E-state index in [1.54, 1.807) is 24.3 Å². The van der Waals surface area contributed by atoms with Gasteiger partial charge in [-0.05, 0) is 70.3 Å². The van der Waals surface area contributed by atoms with Crippen LogP contribution in [0.3, 0.4) is 0 Å². The first-order valence-corrected chi connectivity index (χ1v) is 12.1. The second-order valence-electron chi connectivity index (χ2n) is 9.01. The largest absolute Gasteiger partial charge is 0.507 e. The lowest BCUT2D eigenvalue weighted by Crippen LogP contribution is -2.13. The van der Waals surface area contributed by atoms with Gasteiger partial charge in [-0.25, -0.2) is 0 Å². The third kappa shape index (κ3) is 5.05. The maximum atomic E-state index is 12.7. The highest BCUT2D eigenvalue weighted by Gasteiger charge is 2.19. The second-order valence-corrected chi connectivity index (χ2v) is 10.6. The SMILES string of the molecule is CC(C)(C)c1ccc(S(=O)(=O)Oc2ccc(NC(=O)c3cc4ccccc4cc3O)cc2)cc1. The zero-order valence-electron chi connectivity index (χ0n) is 19.1. The van der Waals surface area contributed by atoms with E-state index in [0.717, 1.165) is 16.3 Å². The van der Waals surface area contributed by atoms with Crippen LogP contribution in [0.1, 0.15) is 36.7 Å². The number of carbonyl (C=O) groups excluding carboxylic acids is 1. The summed E-state index contributed by atoms with van der Waals surface area (Å²) in [5, 5.41) is 14.6. The summed E-state index contributed by atoms with van der Waals surface area (Å²) in [6.45, 7) is 6.15. The van der Waals surface area contributed by atoms with Gasteiger partial charge in [-0.3, -0.25) is 4.79 Å². The van der Waals surface area contributed by atoms with Gasteiger partial charge in [0.2, 0.25) is 0 Å². The first-order valence-electron chi connectivity index (χ1n) is 10.7.